The maximum absolute atomic E-state index is 5.96. The van der Waals surface area contributed by atoms with E-state index in [0.717, 1.165) is 24.0 Å². The molecule has 1 saturated heterocycles. The molecule has 22 heavy (non-hydrogen) atoms. The van der Waals surface area contributed by atoms with Crippen LogP contribution in [0.4, 0.5) is 0 Å². The highest BCUT2D eigenvalue weighted by molar-refractivity contribution is 7.98. The van der Waals surface area contributed by atoms with Gasteiger partial charge in [0.25, 0.3) is 0 Å². The molecule has 1 fully saturated rings. The first-order chi connectivity index (χ1) is 10.8. The summed E-state index contributed by atoms with van der Waals surface area (Å²) in [5.74, 6) is 1.20. The Morgan fingerprint density at radius 1 is 1.27 bits per heavy atom. The topological polar surface area (TPSA) is 31.9 Å². The lowest BCUT2D eigenvalue weighted by molar-refractivity contribution is 0.377. The summed E-state index contributed by atoms with van der Waals surface area (Å²) in [5, 5.41) is 1.42. The fourth-order valence-electron chi connectivity index (χ4n) is 3.31. The van der Waals surface area contributed by atoms with Crippen LogP contribution in [-0.2, 0) is 6.54 Å². The number of hydrogen-bond acceptors (Lipinski definition) is 3. The van der Waals surface area contributed by atoms with Crippen molar-refractivity contribution in [2.45, 2.75) is 24.1 Å². The maximum atomic E-state index is 5.96. The van der Waals surface area contributed by atoms with Crippen LogP contribution in [0.25, 0.3) is 0 Å². The van der Waals surface area contributed by atoms with Crippen LogP contribution in [0.2, 0.25) is 5.02 Å². The molecule has 1 aliphatic carbocycles. The van der Waals surface area contributed by atoms with Crippen molar-refractivity contribution in [1.82, 2.24) is 14.3 Å². The van der Waals surface area contributed by atoms with E-state index in [1.165, 1.54) is 17.7 Å². The molecule has 5 heteroatoms. The van der Waals surface area contributed by atoms with Crippen LogP contribution in [0.3, 0.4) is 0 Å². The highest BCUT2D eigenvalue weighted by Crippen LogP contribution is 2.43. The molecule has 2 heterocycles. The van der Waals surface area contributed by atoms with Crippen LogP contribution in [0.15, 0.2) is 48.9 Å². The minimum Gasteiger partial charge on any atom is -0.348 e. The fourth-order valence-corrected chi connectivity index (χ4v) is 4.81. The first kappa shape index (κ1) is 14.4. The van der Waals surface area contributed by atoms with Gasteiger partial charge in [-0.1, -0.05) is 47.8 Å². The number of rotatable bonds is 3. The summed E-state index contributed by atoms with van der Waals surface area (Å²) in [6.45, 7) is 2.13. The Labute approximate surface area is 139 Å². The van der Waals surface area contributed by atoms with E-state index in [9.17, 15) is 0 Å². The molecule has 1 aromatic carbocycles. The van der Waals surface area contributed by atoms with E-state index in [-0.39, 0.29) is 0 Å². The molecule has 3 nitrogen and oxygen atoms in total. The van der Waals surface area contributed by atoms with Gasteiger partial charge in [0, 0.05) is 41.2 Å². The Morgan fingerprint density at radius 3 is 2.91 bits per heavy atom. The molecule has 2 aromatic rings. The van der Waals surface area contributed by atoms with E-state index in [0.29, 0.717) is 11.2 Å². The molecule has 0 saturated carbocycles. The Kier molecular flexibility index (Phi) is 3.99. The monoisotopic (exact) mass is 331 g/mol. The SMILES string of the molecule is Clc1ccc(CN2CC3CC(c4cnc[nH]4)C=CC3S2)cc1. The van der Waals surface area contributed by atoms with E-state index >= 15 is 0 Å². The molecule has 3 atom stereocenters. The third kappa shape index (κ3) is 2.96. The molecule has 0 amide bonds. The van der Waals surface area contributed by atoms with Gasteiger partial charge in [0.05, 0.1) is 6.33 Å². The third-order valence-electron chi connectivity index (χ3n) is 4.45. The smallest absolute Gasteiger partial charge is 0.0921 e. The molecular formula is C17H18ClN3S. The van der Waals surface area contributed by atoms with Crippen LogP contribution in [0.1, 0.15) is 23.6 Å². The molecule has 4 rings (SSSR count). The molecule has 3 unspecified atom stereocenters. The fraction of sp³-hybridized carbons (Fsp3) is 0.353. The number of nitrogens with zero attached hydrogens (tertiary/aromatic N) is 2. The van der Waals surface area contributed by atoms with Crippen molar-refractivity contribution in [3.05, 3.63) is 65.2 Å². The van der Waals surface area contributed by atoms with E-state index in [1.54, 1.807) is 6.33 Å². The van der Waals surface area contributed by atoms with Gasteiger partial charge in [0.1, 0.15) is 0 Å². The van der Waals surface area contributed by atoms with Gasteiger partial charge >= 0.3 is 0 Å². The number of hydrogen-bond donors (Lipinski definition) is 1. The Balaban J connectivity index is 1.41. The number of aromatic amines is 1. The second kappa shape index (κ2) is 6.11. The van der Waals surface area contributed by atoms with E-state index in [1.807, 2.05) is 30.3 Å². The summed E-state index contributed by atoms with van der Waals surface area (Å²) >= 11 is 7.94. The lowest BCUT2D eigenvalue weighted by Crippen LogP contribution is -2.21. The largest absolute Gasteiger partial charge is 0.348 e. The normalized spacial score (nSPS) is 28.0. The minimum absolute atomic E-state index is 0.486. The van der Waals surface area contributed by atoms with E-state index < -0.39 is 0 Å². The second-order valence-electron chi connectivity index (χ2n) is 6.01. The standard InChI is InChI=1S/C17H18ClN3S/c18-15-4-1-12(2-5-15)9-21-10-14-7-13(3-6-17(14)22-21)16-8-19-11-20-16/h1-6,8,11,13-14,17H,7,9-10H2,(H,19,20). The van der Waals surface area contributed by atoms with E-state index in [4.69, 9.17) is 11.6 Å². The number of benzene rings is 1. The Hall–Kier alpha value is -1.23. The minimum atomic E-state index is 0.486. The molecule has 0 bridgehead atoms. The van der Waals surface area contributed by atoms with Crippen LogP contribution in [0.5, 0.6) is 0 Å². The van der Waals surface area contributed by atoms with Gasteiger partial charge in [-0.25, -0.2) is 9.29 Å². The van der Waals surface area contributed by atoms with Crippen molar-refractivity contribution < 1.29 is 0 Å². The molecule has 1 aliphatic heterocycles. The molecular weight excluding hydrogens is 314 g/mol. The summed E-state index contributed by atoms with van der Waals surface area (Å²) in [4.78, 5) is 7.39. The van der Waals surface area contributed by atoms with Gasteiger partial charge < -0.3 is 4.98 Å². The van der Waals surface area contributed by atoms with Crippen LogP contribution in [0, 0.1) is 5.92 Å². The first-order valence-corrected chi connectivity index (χ1v) is 8.82. The molecule has 114 valence electrons. The summed E-state index contributed by atoms with van der Waals surface area (Å²) in [6.07, 6.45) is 9.64. The highest BCUT2D eigenvalue weighted by atomic mass is 35.5. The Morgan fingerprint density at radius 2 is 2.14 bits per heavy atom. The number of H-pyrrole nitrogens is 1. The number of fused-ring (bicyclic) bond motifs is 1. The molecule has 1 N–H and O–H groups in total. The molecule has 2 aliphatic rings. The van der Waals surface area contributed by atoms with Gasteiger partial charge in [-0.05, 0) is 30.0 Å². The summed E-state index contributed by atoms with van der Waals surface area (Å²) in [5.41, 5.74) is 2.56. The second-order valence-corrected chi connectivity index (χ2v) is 7.72. The van der Waals surface area contributed by atoms with Gasteiger partial charge in [-0.2, -0.15) is 0 Å². The van der Waals surface area contributed by atoms with Crippen molar-refractivity contribution in [1.29, 1.82) is 0 Å². The maximum Gasteiger partial charge on any atom is 0.0921 e. The molecule has 1 aromatic heterocycles. The average molecular weight is 332 g/mol. The van der Waals surface area contributed by atoms with Crippen molar-refractivity contribution >= 4 is 23.5 Å². The predicted octanol–water partition coefficient (Wildman–Crippen LogP) is 4.26. The van der Waals surface area contributed by atoms with Crippen molar-refractivity contribution in [3.8, 4) is 0 Å². The van der Waals surface area contributed by atoms with Crippen molar-refractivity contribution in [2.75, 3.05) is 6.54 Å². The summed E-state index contributed by atoms with van der Waals surface area (Å²) in [6, 6.07) is 8.18. The lowest BCUT2D eigenvalue weighted by Gasteiger charge is -2.24. The lowest BCUT2D eigenvalue weighted by atomic mass is 9.85. The quantitative estimate of drug-likeness (QED) is 0.673. The van der Waals surface area contributed by atoms with Gasteiger partial charge in [0.15, 0.2) is 0 Å². The third-order valence-corrected chi connectivity index (χ3v) is 6.07. The number of aromatic nitrogens is 2. The molecule has 0 radical (unpaired) electrons. The zero-order valence-corrected chi connectivity index (χ0v) is 13.7. The number of imidazole rings is 1. The number of halogens is 1. The highest BCUT2D eigenvalue weighted by Gasteiger charge is 2.36. The van der Waals surface area contributed by atoms with Gasteiger partial charge in [-0.15, -0.1) is 0 Å². The number of allylic oxidation sites excluding steroid dienone is 1. The van der Waals surface area contributed by atoms with Gasteiger partial charge in [0.2, 0.25) is 0 Å². The first-order valence-electron chi connectivity index (χ1n) is 7.61. The van der Waals surface area contributed by atoms with Crippen LogP contribution < -0.4 is 0 Å². The zero-order valence-electron chi connectivity index (χ0n) is 12.2. The van der Waals surface area contributed by atoms with Crippen LogP contribution >= 0.6 is 23.5 Å². The van der Waals surface area contributed by atoms with Gasteiger partial charge in [-0.3, -0.25) is 0 Å². The van der Waals surface area contributed by atoms with E-state index in [2.05, 4.69) is 38.6 Å². The van der Waals surface area contributed by atoms with Crippen molar-refractivity contribution in [2.24, 2.45) is 5.92 Å². The van der Waals surface area contributed by atoms with Crippen molar-refractivity contribution in [3.63, 3.8) is 0 Å². The average Bonchev–Trinajstić information content (AvgIpc) is 3.17. The predicted molar refractivity (Wildman–Crippen MR) is 91.8 cm³/mol. The molecule has 0 spiro atoms. The number of nitrogens with one attached hydrogen (secondary N) is 1. The van der Waals surface area contributed by atoms with Crippen LogP contribution in [-0.4, -0.2) is 26.1 Å². The summed E-state index contributed by atoms with van der Waals surface area (Å²) < 4.78 is 2.48. The Bertz CT molecular complexity index is 653. The summed E-state index contributed by atoms with van der Waals surface area (Å²) in [7, 11) is 0. The zero-order chi connectivity index (χ0) is 14.9.